The second-order valence-electron chi connectivity index (χ2n) is 6.26. The lowest BCUT2D eigenvalue weighted by atomic mass is 9.92. The van der Waals surface area contributed by atoms with Crippen molar-refractivity contribution in [3.05, 3.63) is 39.0 Å². The van der Waals surface area contributed by atoms with Crippen LogP contribution in [0.15, 0.2) is 18.2 Å². The number of aliphatic hydroxyl groups is 1. The molecule has 0 saturated heterocycles. The van der Waals surface area contributed by atoms with Gasteiger partial charge in [-0.25, -0.2) is 4.98 Å². The van der Waals surface area contributed by atoms with Crippen molar-refractivity contribution in [1.29, 1.82) is 0 Å². The van der Waals surface area contributed by atoms with E-state index in [1.165, 1.54) is 0 Å². The van der Waals surface area contributed by atoms with Crippen LogP contribution in [-0.2, 0) is 6.18 Å². The number of nitrogens with one attached hydrogen (secondary N) is 1. The minimum absolute atomic E-state index is 0.0557. The number of hydrogen-bond donors (Lipinski definition) is 2. The molecule has 1 saturated carbocycles. The molecule has 1 aromatic heterocycles. The van der Waals surface area contributed by atoms with Gasteiger partial charge in [-0.15, -0.1) is 0 Å². The molecule has 0 radical (unpaired) electrons. The SMILES string of the molecule is O=[N+]([O-])c1c(Cl)nc2cc(C(F)(F)F)ccc2c1NC1CCC(O)CC1. The lowest BCUT2D eigenvalue weighted by molar-refractivity contribution is -0.384. The van der Waals surface area contributed by atoms with E-state index in [1.807, 2.05) is 0 Å². The Morgan fingerprint density at radius 2 is 1.92 bits per heavy atom. The van der Waals surface area contributed by atoms with Crippen LogP contribution >= 0.6 is 11.6 Å². The Kier molecular flexibility index (Phi) is 4.94. The normalized spacial score (nSPS) is 21.0. The van der Waals surface area contributed by atoms with Gasteiger partial charge in [0.2, 0.25) is 5.15 Å². The number of nitrogens with zero attached hydrogens (tertiary/aromatic N) is 2. The van der Waals surface area contributed by atoms with E-state index in [1.54, 1.807) is 0 Å². The van der Waals surface area contributed by atoms with Gasteiger partial charge >= 0.3 is 11.9 Å². The Hall–Kier alpha value is -2.13. The summed E-state index contributed by atoms with van der Waals surface area (Å²) in [5.74, 6) is 0. The minimum atomic E-state index is -4.56. The van der Waals surface area contributed by atoms with Gasteiger partial charge in [0.25, 0.3) is 0 Å². The van der Waals surface area contributed by atoms with E-state index in [9.17, 15) is 28.4 Å². The fourth-order valence-electron chi connectivity index (χ4n) is 3.14. The summed E-state index contributed by atoms with van der Waals surface area (Å²) in [7, 11) is 0. The zero-order valence-corrected chi connectivity index (χ0v) is 14.1. The van der Waals surface area contributed by atoms with Crippen molar-refractivity contribution in [2.24, 2.45) is 0 Å². The zero-order chi connectivity index (χ0) is 19.1. The minimum Gasteiger partial charge on any atom is -0.393 e. The van der Waals surface area contributed by atoms with E-state index in [0.717, 1.165) is 18.2 Å². The van der Waals surface area contributed by atoms with Crippen LogP contribution in [0.5, 0.6) is 0 Å². The second-order valence-corrected chi connectivity index (χ2v) is 6.62. The molecule has 6 nitrogen and oxygen atoms in total. The van der Waals surface area contributed by atoms with Crippen molar-refractivity contribution >= 4 is 33.9 Å². The second kappa shape index (κ2) is 6.88. The van der Waals surface area contributed by atoms with Crippen molar-refractivity contribution in [1.82, 2.24) is 4.98 Å². The van der Waals surface area contributed by atoms with Gasteiger partial charge in [-0.1, -0.05) is 11.6 Å². The van der Waals surface area contributed by atoms with Gasteiger partial charge in [0.1, 0.15) is 5.69 Å². The number of hydrogen-bond acceptors (Lipinski definition) is 5. The highest BCUT2D eigenvalue weighted by molar-refractivity contribution is 6.33. The van der Waals surface area contributed by atoms with Crippen LogP contribution < -0.4 is 5.32 Å². The van der Waals surface area contributed by atoms with E-state index in [-0.39, 0.29) is 22.6 Å². The number of rotatable bonds is 3. The first-order valence-electron chi connectivity index (χ1n) is 7.96. The molecule has 0 unspecified atom stereocenters. The molecule has 10 heteroatoms. The summed E-state index contributed by atoms with van der Waals surface area (Å²) in [6.45, 7) is 0. The van der Waals surface area contributed by atoms with Crippen LogP contribution in [-0.4, -0.2) is 27.2 Å². The number of pyridine rings is 1. The standard InChI is InChI=1S/C16H15ClF3N3O3/c17-15-14(23(25)26)13(21-9-2-4-10(24)5-3-9)11-6-1-8(16(18,19)20)7-12(11)22-15/h1,6-7,9-10,24H,2-5H2,(H,21,22). The Morgan fingerprint density at radius 1 is 1.27 bits per heavy atom. The molecule has 0 bridgehead atoms. The van der Waals surface area contributed by atoms with E-state index >= 15 is 0 Å². The summed E-state index contributed by atoms with van der Waals surface area (Å²) < 4.78 is 38.8. The molecule has 1 aliphatic carbocycles. The number of anilines is 1. The van der Waals surface area contributed by atoms with Crippen LogP contribution in [0.4, 0.5) is 24.5 Å². The molecule has 1 fully saturated rings. The fourth-order valence-corrected chi connectivity index (χ4v) is 3.39. The third-order valence-corrected chi connectivity index (χ3v) is 4.74. The van der Waals surface area contributed by atoms with Gasteiger partial charge in [0.05, 0.1) is 22.1 Å². The molecule has 1 aromatic carbocycles. The molecule has 0 atom stereocenters. The highest BCUT2D eigenvalue weighted by atomic mass is 35.5. The summed E-state index contributed by atoms with van der Waals surface area (Å²) in [6.07, 6.45) is -2.71. The van der Waals surface area contributed by atoms with Crippen LogP contribution in [0.1, 0.15) is 31.2 Å². The first-order valence-corrected chi connectivity index (χ1v) is 8.34. The van der Waals surface area contributed by atoms with Crippen molar-refractivity contribution in [2.45, 2.75) is 44.0 Å². The van der Waals surface area contributed by atoms with Crippen molar-refractivity contribution < 1.29 is 23.2 Å². The van der Waals surface area contributed by atoms with Gasteiger partial charge < -0.3 is 10.4 Å². The van der Waals surface area contributed by atoms with Crippen LogP contribution in [0, 0.1) is 10.1 Å². The molecule has 0 spiro atoms. The number of halogens is 4. The van der Waals surface area contributed by atoms with Crippen molar-refractivity contribution in [2.75, 3.05) is 5.32 Å². The lowest BCUT2D eigenvalue weighted by Gasteiger charge is -2.27. The topological polar surface area (TPSA) is 88.3 Å². The number of alkyl halides is 3. The largest absolute Gasteiger partial charge is 0.416 e. The smallest absolute Gasteiger partial charge is 0.393 e. The number of fused-ring (bicyclic) bond motifs is 1. The molecule has 2 N–H and O–H groups in total. The van der Waals surface area contributed by atoms with Crippen LogP contribution in [0.3, 0.4) is 0 Å². The molecular formula is C16H15ClF3N3O3. The Balaban J connectivity index is 2.10. The molecule has 2 aromatic rings. The first kappa shape index (κ1) is 18.7. The van der Waals surface area contributed by atoms with Gasteiger partial charge in [-0.05, 0) is 43.9 Å². The van der Waals surface area contributed by atoms with Gasteiger partial charge in [-0.3, -0.25) is 10.1 Å². The van der Waals surface area contributed by atoms with Crippen molar-refractivity contribution in [3.63, 3.8) is 0 Å². The van der Waals surface area contributed by atoms with Crippen molar-refractivity contribution in [3.8, 4) is 0 Å². The Labute approximate surface area is 151 Å². The summed E-state index contributed by atoms with van der Waals surface area (Å²) in [4.78, 5) is 14.5. The maximum Gasteiger partial charge on any atom is 0.416 e. The quantitative estimate of drug-likeness (QED) is 0.457. The molecule has 0 amide bonds. The van der Waals surface area contributed by atoms with E-state index in [0.29, 0.717) is 25.7 Å². The number of aliphatic hydroxyl groups excluding tert-OH is 1. The van der Waals surface area contributed by atoms with Gasteiger partial charge in [-0.2, -0.15) is 13.2 Å². The highest BCUT2D eigenvalue weighted by Gasteiger charge is 2.32. The van der Waals surface area contributed by atoms with Crippen LogP contribution in [0.2, 0.25) is 5.15 Å². The molecule has 1 heterocycles. The summed E-state index contributed by atoms with van der Waals surface area (Å²) in [5, 5.41) is 23.8. The average molecular weight is 390 g/mol. The first-order chi connectivity index (χ1) is 12.2. The summed E-state index contributed by atoms with van der Waals surface area (Å²) >= 11 is 5.90. The highest BCUT2D eigenvalue weighted by Crippen LogP contribution is 2.40. The van der Waals surface area contributed by atoms with Gasteiger partial charge in [0, 0.05) is 11.4 Å². The fraction of sp³-hybridized carbons (Fsp3) is 0.438. The predicted octanol–water partition coefficient (Wildman–Crippen LogP) is 4.53. The van der Waals surface area contributed by atoms with E-state index in [2.05, 4.69) is 10.3 Å². The number of aromatic nitrogens is 1. The molecule has 0 aliphatic heterocycles. The zero-order valence-electron chi connectivity index (χ0n) is 13.4. The van der Waals surface area contributed by atoms with Gasteiger partial charge in [0.15, 0.2) is 0 Å². The Morgan fingerprint density at radius 3 is 2.50 bits per heavy atom. The molecule has 1 aliphatic rings. The lowest BCUT2D eigenvalue weighted by Crippen LogP contribution is -2.28. The summed E-state index contributed by atoms with van der Waals surface area (Å²) in [5.41, 5.74) is -1.40. The third kappa shape index (κ3) is 3.68. The molecule has 140 valence electrons. The maximum absolute atomic E-state index is 12.9. The average Bonchev–Trinajstić information content (AvgIpc) is 2.55. The maximum atomic E-state index is 12.9. The Bertz CT molecular complexity index is 852. The van der Waals surface area contributed by atoms with E-state index < -0.39 is 33.6 Å². The molecule has 3 rings (SSSR count). The third-order valence-electron chi connectivity index (χ3n) is 4.47. The molecule has 26 heavy (non-hydrogen) atoms. The monoisotopic (exact) mass is 389 g/mol. The molecular weight excluding hydrogens is 375 g/mol. The summed E-state index contributed by atoms with van der Waals surface area (Å²) in [6, 6.07) is 2.69. The van der Waals surface area contributed by atoms with Crippen LogP contribution in [0.25, 0.3) is 10.9 Å². The number of benzene rings is 1. The number of nitro groups is 1. The predicted molar refractivity (Wildman–Crippen MR) is 90.3 cm³/mol. The van der Waals surface area contributed by atoms with E-state index in [4.69, 9.17) is 11.6 Å².